The number of aromatic nitrogens is 1. The summed E-state index contributed by atoms with van der Waals surface area (Å²) in [7, 11) is 0. The number of carbonyl (C=O) groups excluding carboxylic acids is 3. The fourth-order valence-electron chi connectivity index (χ4n) is 4.08. The van der Waals surface area contributed by atoms with Crippen LogP contribution in [-0.4, -0.2) is 81.0 Å². The van der Waals surface area contributed by atoms with E-state index in [0.717, 1.165) is 16.5 Å². The van der Waals surface area contributed by atoms with E-state index in [0.29, 0.717) is 12.2 Å². The number of benzene rings is 1. The summed E-state index contributed by atoms with van der Waals surface area (Å²) in [5, 5.41) is 27.2. The van der Waals surface area contributed by atoms with Crippen LogP contribution in [-0.2, 0) is 30.4 Å². The molecule has 0 aliphatic heterocycles. The Labute approximate surface area is 237 Å². The molecule has 2 aromatic rings. The summed E-state index contributed by atoms with van der Waals surface area (Å²) in [6, 6.07) is 2.87. The van der Waals surface area contributed by atoms with Crippen molar-refractivity contribution in [1.29, 1.82) is 0 Å². The van der Waals surface area contributed by atoms with E-state index < -0.39 is 60.2 Å². The van der Waals surface area contributed by atoms with Crippen LogP contribution in [0.4, 0.5) is 0 Å². The van der Waals surface area contributed by atoms with Crippen LogP contribution in [0.1, 0.15) is 45.1 Å². The number of nitrogens with two attached hydrogens (primary N) is 1. The zero-order valence-corrected chi connectivity index (χ0v) is 23.8. The van der Waals surface area contributed by atoms with Gasteiger partial charge in [-0.15, -0.1) is 0 Å². The molecule has 1 heterocycles. The standard InChI is InChI=1S/C27H39N5O7S/c1-4-15(2)23(28)26(37)32-21(13-16-14-29-18-8-6-5-7-17(16)18)25(36)30-19(9-10-22(33)34)24(35)31-20(27(38)39)11-12-40-3/h5-8,14-15,19-21,23,29H,4,9-13,28H2,1-3H3,(H,30,36)(H,31,35)(H,32,37)(H,33,34)(H,38,39). The number of nitrogens with one attached hydrogen (secondary N) is 4. The summed E-state index contributed by atoms with van der Waals surface area (Å²) in [6.07, 6.45) is 3.66. The summed E-state index contributed by atoms with van der Waals surface area (Å²) < 4.78 is 0. The molecule has 0 aliphatic rings. The second-order valence-corrected chi connectivity index (χ2v) is 10.7. The third-order valence-corrected chi connectivity index (χ3v) is 7.44. The van der Waals surface area contributed by atoms with Crippen molar-refractivity contribution in [3.8, 4) is 0 Å². The highest BCUT2D eigenvalue weighted by atomic mass is 32.2. The smallest absolute Gasteiger partial charge is 0.326 e. The fourth-order valence-corrected chi connectivity index (χ4v) is 4.56. The van der Waals surface area contributed by atoms with Crippen molar-refractivity contribution >= 4 is 52.3 Å². The van der Waals surface area contributed by atoms with Crippen LogP contribution in [0.25, 0.3) is 10.9 Å². The molecular formula is C27H39N5O7S. The van der Waals surface area contributed by atoms with Crippen LogP contribution in [0.3, 0.4) is 0 Å². The Balaban J connectivity index is 2.32. The van der Waals surface area contributed by atoms with Gasteiger partial charge in [-0.05, 0) is 42.4 Å². The van der Waals surface area contributed by atoms with Gasteiger partial charge in [0.1, 0.15) is 18.1 Å². The van der Waals surface area contributed by atoms with Gasteiger partial charge in [-0.3, -0.25) is 19.2 Å². The molecular weight excluding hydrogens is 538 g/mol. The number of carbonyl (C=O) groups is 5. The van der Waals surface area contributed by atoms with Gasteiger partial charge < -0.3 is 36.9 Å². The lowest BCUT2D eigenvalue weighted by molar-refractivity contribution is -0.143. The lowest BCUT2D eigenvalue weighted by Crippen LogP contribution is -2.58. The second-order valence-electron chi connectivity index (χ2n) is 9.71. The van der Waals surface area contributed by atoms with Gasteiger partial charge >= 0.3 is 11.9 Å². The third kappa shape index (κ3) is 9.56. The SMILES string of the molecule is CCC(C)C(N)C(=O)NC(Cc1c[nH]c2ccccc12)C(=O)NC(CCC(=O)O)C(=O)NC(CCSC)C(=O)O. The van der Waals surface area contributed by atoms with E-state index in [1.807, 2.05) is 38.1 Å². The Morgan fingerprint density at radius 3 is 2.20 bits per heavy atom. The number of thioether (sulfide) groups is 1. The van der Waals surface area contributed by atoms with Crippen LogP contribution in [0.5, 0.6) is 0 Å². The number of carboxylic acid groups (broad SMARTS) is 2. The lowest BCUT2D eigenvalue weighted by Gasteiger charge is -2.26. The average molecular weight is 578 g/mol. The summed E-state index contributed by atoms with van der Waals surface area (Å²) in [5.74, 6) is -4.20. The van der Waals surface area contributed by atoms with Gasteiger partial charge in [0, 0.05) is 29.9 Å². The minimum Gasteiger partial charge on any atom is -0.481 e. The van der Waals surface area contributed by atoms with Crippen LogP contribution in [0.15, 0.2) is 30.5 Å². The molecule has 8 N–H and O–H groups in total. The van der Waals surface area contributed by atoms with Gasteiger partial charge in [-0.25, -0.2) is 4.79 Å². The molecule has 0 aliphatic carbocycles. The number of amides is 3. The topological polar surface area (TPSA) is 204 Å². The number of fused-ring (bicyclic) bond motifs is 1. The molecule has 12 nitrogen and oxygen atoms in total. The quantitative estimate of drug-likeness (QED) is 0.144. The van der Waals surface area contributed by atoms with E-state index >= 15 is 0 Å². The first kappa shape index (κ1) is 32.6. The molecule has 0 saturated carbocycles. The zero-order valence-electron chi connectivity index (χ0n) is 22.9. The molecule has 5 unspecified atom stereocenters. The van der Waals surface area contributed by atoms with E-state index in [1.165, 1.54) is 11.8 Å². The van der Waals surface area contributed by atoms with Crippen LogP contribution < -0.4 is 21.7 Å². The maximum atomic E-state index is 13.5. The molecule has 1 aromatic carbocycles. The monoisotopic (exact) mass is 577 g/mol. The highest BCUT2D eigenvalue weighted by Crippen LogP contribution is 2.19. The Hall–Kier alpha value is -3.58. The predicted octanol–water partition coefficient (Wildman–Crippen LogP) is 1.24. The van der Waals surface area contributed by atoms with Gasteiger partial charge in [0.05, 0.1) is 6.04 Å². The van der Waals surface area contributed by atoms with E-state index in [1.54, 1.807) is 12.5 Å². The lowest BCUT2D eigenvalue weighted by atomic mass is 9.98. The molecule has 3 amide bonds. The first-order valence-electron chi connectivity index (χ1n) is 13.1. The van der Waals surface area contributed by atoms with Gasteiger partial charge in [-0.1, -0.05) is 38.5 Å². The van der Waals surface area contributed by atoms with Gasteiger partial charge in [-0.2, -0.15) is 11.8 Å². The Morgan fingerprint density at radius 1 is 0.950 bits per heavy atom. The van der Waals surface area contributed by atoms with Crippen molar-refractivity contribution in [3.05, 3.63) is 36.0 Å². The normalized spacial score (nSPS) is 14.9. The minimum absolute atomic E-state index is 0.0631. The Morgan fingerprint density at radius 2 is 1.57 bits per heavy atom. The van der Waals surface area contributed by atoms with Crippen LogP contribution >= 0.6 is 11.8 Å². The molecule has 0 fully saturated rings. The Bertz CT molecular complexity index is 1190. The highest BCUT2D eigenvalue weighted by Gasteiger charge is 2.31. The van der Waals surface area contributed by atoms with Crippen molar-refractivity contribution in [2.75, 3.05) is 12.0 Å². The number of rotatable bonds is 17. The molecule has 13 heteroatoms. The van der Waals surface area contributed by atoms with Crippen molar-refractivity contribution in [2.45, 2.75) is 70.1 Å². The van der Waals surface area contributed by atoms with E-state index in [9.17, 15) is 34.2 Å². The molecule has 220 valence electrons. The minimum atomic E-state index is -1.34. The highest BCUT2D eigenvalue weighted by molar-refractivity contribution is 7.98. The number of para-hydroxylation sites is 1. The third-order valence-electron chi connectivity index (χ3n) is 6.80. The maximum absolute atomic E-state index is 13.5. The maximum Gasteiger partial charge on any atom is 0.326 e. The Kier molecular flexibility index (Phi) is 12.9. The summed E-state index contributed by atoms with van der Waals surface area (Å²) in [4.78, 5) is 65.5. The predicted molar refractivity (Wildman–Crippen MR) is 153 cm³/mol. The molecule has 0 bridgehead atoms. The summed E-state index contributed by atoms with van der Waals surface area (Å²) >= 11 is 1.41. The van der Waals surface area contributed by atoms with E-state index in [-0.39, 0.29) is 25.2 Å². The molecule has 1 aromatic heterocycles. The number of hydrogen-bond acceptors (Lipinski definition) is 7. The zero-order chi connectivity index (χ0) is 29.8. The molecule has 40 heavy (non-hydrogen) atoms. The summed E-state index contributed by atoms with van der Waals surface area (Å²) in [5.41, 5.74) is 7.68. The number of hydrogen-bond donors (Lipinski definition) is 7. The largest absolute Gasteiger partial charge is 0.481 e. The second kappa shape index (κ2) is 15.9. The first-order chi connectivity index (χ1) is 19.0. The number of carboxylic acids is 2. The molecule has 0 radical (unpaired) electrons. The van der Waals surface area contributed by atoms with Crippen molar-refractivity contribution in [3.63, 3.8) is 0 Å². The van der Waals surface area contributed by atoms with Gasteiger partial charge in [0.2, 0.25) is 17.7 Å². The van der Waals surface area contributed by atoms with Crippen molar-refractivity contribution < 1.29 is 34.2 Å². The first-order valence-corrected chi connectivity index (χ1v) is 14.5. The summed E-state index contributed by atoms with van der Waals surface area (Å²) in [6.45, 7) is 3.71. The van der Waals surface area contributed by atoms with Crippen LogP contribution in [0, 0.1) is 5.92 Å². The van der Waals surface area contributed by atoms with E-state index in [2.05, 4.69) is 20.9 Å². The van der Waals surface area contributed by atoms with Gasteiger partial charge in [0.25, 0.3) is 0 Å². The molecule has 5 atom stereocenters. The number of aliphatic carboxylic acids is 2. The average Bonchev–Trinajstić information content (AvgIpc) is 3.33. The molecule has 2 rings (SSSR count). The number of aromatic amines is 1. The van der Waals surface area contributed by atoms with Crippen molar-refractivity contribution in [1.82, 2.24) is 20.9 Å². The molecule has 0 saturated heterocycles. The fraction of sp³-hybridized carbons (Fsp3) is 0.519. The van der Waals surface area contributed by atoms with Gasteiger partial charge in [0.15, 0.2) is 0 Å². The van der Waals surface area contributed by atoms with E-state index in [4.69, 9.17) is 5.73 Å². The molecule has 0 spiro atoms. The number of H-pyrrole nitrogens is 1. The van der Waals surface area contributed by atoms with Crippen molar-refractivity contribution in [2.24, 2.45) is 11.7 Å². The van der Waals surface area contributed by atoms with Crippen LogP contribution in [0.2, 0.25) is 0 Å².